The first-order chi connectivity index (χ1) is 9.88. The summed E-state index contributed by atoms with van der Waals surface area (Å²) < 4.78 is 43.8. The molecule has 0 saturated carbocycles. The molecule has 1 amide bonds. The van der Waals surface area contributed by atoms with Gasteiger partial charge in [0.25, 0.3) is 0 Å². The van der Waals surface area contributed by atoms with Crippen LogP contribution in [0, 0.1) is 0 Å². The molecule has 2 atom stereocenters. The maximum absolute atomic E-state index is 13.0. The maximum atomic E-state index is 13.0. The van der Waals surface area contributed by atoms with E-state index in [1.165, 1.54) is 0 Å². The summed E-state index contributed by atoms with van der Waals surface area (Å²) in [5, 5.41) is 0. The number of halogens is 3. The molecular weight excluding hydrogens is 285 g/mol. The molecule has 0 spiro atoms. The molecule has 7 heteroatoms. The van der Waals surface area contributed by atoms with Gasteiger partial charge in [-0.2, -0.15) is 13.2 Å². The minimum atomic E-state index is -4.47. The number of hydrogen-bond donors (Lipinski definition) is 1. The van der Waals surface area contributed by atoms with E-state index in [9.17, 15) is 18.0 Å². The average molecular weight is 302 g/mol. The fourth-order valence-electron chi connectivity index (χ4n) is 2.34. The van der Waals surface area contributed by atoms with Crippen LogP contribution in [-0.2, 0) is 11.3 Å². The van der Waals surface area contributed by atoms with Gasteiger partial charge in [-0.05, 0) is 18.4 Å². The third-order valence-electron chi connectivity index (χ3n) is 3.44. The second-order valence-corrected chi connectivity index (χ2v) is 5.09. The van der Waals surface area contributed by atoms with E-state index in [0.717, 1.165) is 5.56 Å². The average Bonchev–Trinajstić information content (AvgIpc) is 2.44. The number of alkyl halides is 3. The van der Waals surface area contributed by atoms with Crippen molar-refractivity contribution in [1.29, 1.82) is 0 Å². The molecule has 1 aliphatic rings. The molecule has 0 bridgehead atoms. The highest BCUT2D eigenvalue weighted by Crippen LogP contribution is 2.32. The molecule has 2 N–H and O–H groups in total. The van der Waals surface area contributed by atoms with Gasteiger partial charge in [0.15, 0.2) is 0 Å². The Bertz CT molecular complexity index is 479. The van der Waals surface area contributed by atoms with E-state index in [4.69, 9.17) is 10.5 Å². The van der Waals surface area contributed by atoms with Crippen molar-refractivity contribution in [2.24, 2.45) is 5.73 Å². The number of benzene rings is 1. The summed E-state index contributed by atoms with van der Waals surface area (Å²) in [6.45, 7) is -0.201. The molecule has 1 heterocycles. The third-order valence-corrected chi connectivity index (χ3v) is 3.44. The number of rotatable bonds is 2. The van der Waals surface area contributed by atoms with Crippen molar-refractivity contribution in [3.63, 3.8) is 0 Å². The SMILES string of the molecule is N[C@H]1CC[C@@H](C(F)(F)F)N(C(=O)OCc2ccccc2)C1. The summed E-state index contributed by atoms with van der Waals surface area (Å²) in [7, 11) is 0. The van der Waals surface area contributed by atoms with Gasteiger partial charge in [-0.15, -0.1) is 0 Å². The van der Waals surface area contributed by atoms with Crippen molar-refractivity contribution in [1.82, 2.24) is 4.90 Å². The van der Waals surface area contributed by atoms with Gasteiger partial charge in [-0.1, -0.05) is 30.3 Å². The Balaban J connectivity index is 2.00. The standard InChI is InChI=1S/C14H17F3N2O2/c15-14(16,17)12-7-6-11(18)8-19(12)13(20)21-9-10-4-2-1-3-5-10/h1-5,11-12H,6-9,18H2/t11-,12-/m0/s1. The van der Waals surface area contributed by atoms with Gasteiger partial charge in [-0.25, -0.2) is 4.79 Å². The number of piperidine rings is 1. The predicted molar refractivity (Wildman–Crippen MR) is 70.4 cm³/mol. The van der Waals surface area contributed by atoms with Crippen LogP contribution < -0.4 is 5.73 Å². The lowest BCUT2D eigenvalue weighted by atomic mass is 9.99. The Morgan fingerprint density at radius 3 is 2.57 bits per heavy atom. The van der Waals surface area contributed by atoms with Crippen molar-refractivity contribution < 1.29 is 22.7 Å². The van der Waals surface area contributed by atoms with Crippen LogP contribution in [-0.4, -0.2) is 35.8 Å². The van der Waals surface area contributed by atoms with Crippen LogP contribution in [0.2, 0.25) is 0 Å². The van der Waals surface area contributed by atoms with Gasteiger partial charge in [0.05, 0.1) is 0 Å². The lowest BCUT2D eigenvalue weighted by Gasteiger charge is -2.38. The highest BCUT2D eigenvalue weighted by atomic mass is 19.4. The molecule has 1 aliphatic heterocycles. The molecule has 0 unspecified atom stereocenters. The minimum absolute atomic E-state index is 0.0595. The van der Waals surface area contributed by atoms with Gasteiger partial charge in [0.2, 0.25) is 0 Å². The fraction of sp³-hybridized carbons (Fsp3) is 0.500. The maximum Gasteiger partial charge on any atom is 0.410 e. The first-order valence-electron chi connectivity index (χ1n) is 6.67. The molecule has 1 aromatic rings. The molecule has 116 valence electrons. The summed E-state index contributed by atoms with van der Waals surface area (Å²) in [5.41, 5.74) is 6.38. The lowest BCUT2D eigenvalue weighted by molar-refractivity contribution is -0.186. The third kappa shape index (κ3) is 4.10. The Labute approximate surface area is 120 Å². The van der Waals surface area contributed by atoms with E-state index in [0.29, 0.717) is 4.90 Å². The molecule has 1 aromatic carbocycles. The normalized spacial score (nSPS) is 23.0. The molecule has 1 saturated heterocycles. The molecule has 0 radical (unpaired) electrons. The van der Waals surface area contributed by atoms with E-state index < -0.39 is 24.4 Å². The van der Waals surface area contributed by atoms with Crippen LogP contribution in [0.15, 0.2) is 30.3 Å². The van der Waals surface area contributed by atoms with E-state index in [1.807, 2.05) is 0 Å². The van der Waals surface area contributed by atoms with Crippen LogP contribution in [0.1, 0.15) is 18.4 Å². The monoisotopic (exact) mass is 302 g/mol. The Hall–Kier alpha value is -1.76. The molecule has 1 fully saturated rings. The topological polar surface area (TPSA) is 55.6 Å². The number of nitrogens with zero attached hydrogens (tertiary/aromatic N) is 1. The molecule has 21 heavy (non-hydrogen) atoms. The number of nitrogens with two attached hydrogens (primary N) is 1. The Kier molecular flexibility index (Phi) is 4.72. The summed E-state index contributed by atoms with van der Waals surface area (Å²) in [6.07, 6.45) is -5.39. The number of carbonyl (C=O) groups is 1. The summed E-state index contributed by atoms with van der Waals surface area (Å²) >= 11 is 0. The lowest BCUT2D eigenvalue weighted by Crippen LogP contribution is -2.56. The molecule has 4 nitrogen and oxygen atoms in total. The number of likely N-dealkylation sites (tertiary alicyclic amines) is 1. The molecule has 0 aromatic heterocycles. The summed E-state index contributed by atoms with van der Waals surface area (Å²) in [4.78, 5) is 12.6. The minimum Gasteiger partial charge on any atom is -0.445 e. The number of carbonyl (C=O) groups excluding carboxylic acids is 1. The van der Waals surface area contributed by atoms with Crippen LogP contribution in [0.4, 0.5) is 18.0 Å². The second-order valence-electron chi connectivity index (χ2n) is 5.09. The van der Waals surface area contributed by atoms with E-state index in [1.54, 1.807) is 30.3 Å². The highest BCUT2D eigenvalue weighted by Gasteiger charge is 2.48. The first-order valence-corrected chi connectivity index (χ1v) is 6.67. The molecule has 2 rings (SSSR count). The Morgan fingerprint density at radius 2 is 1.95 bits per heavy atom. The van der Waals surface area contributed by atoms with Gasteiger partial charge in [0, 0.05) is 12.6 Å². The van der Waals surface area contributed by atoms with Crippen molar-refractivity contribution in [2.75, 3.05) is 6.54 Å². The smallest absolute Gasteiger partial charge is 0.410 e. The first kappa shape index (κ1) is 15.6. The second kappa shape index (κ2) is 6.34. The largest absolute Gasteiger partial charge is 0.445 e. The van der Waals surface area contributed by atoms with E-state index in [-0.39, 0.29) is 26.0 Å². The van der Waals surface area contributed by atoms with E-state index >= 15 is 0 Å². The number of ether oxygens (including phenoxy) is 1. The van der Waals surface area contributed by atoms with Gasteiger partial charge < -0.3 is 10.5 Å². The van der Waals surface area contributed by atoms with Gasteiger partial charge >= 0.3 is 12.3 Å². The van der Waals surface area contributed by atoms with Crippen molar-refractivity contribution in [2.45, 2.75) is 37.7 Å². The fourth-order valence-corrected chi connectivity index (χ4v) is 2.34. The Morgan fingerprint density at radius 1 is 1.29 bits per heavy atom. The van der Waals surface area contributed by atoms with Crippen LogP contribution >= 0.6 is 0 Å². The van der Waals surface area contributed by atoms with Gasteiger partial charge in [0.1, 0.15) is 12.6 Å². The van der Waals surface area contributed by atoms with Crippen LogP contribution in [0.3, 0.4) is 0 Å². The zero-order valence-corrected chi connectivity index (χ0v) is 11.3. The van der Waals surface area contributed by atoms with Crippen molar-refractivity contribution >= 4 is 6.09 Å². The predicted octanol–water partition coefficient (Wildman–Crippen LogP) is 2.68. The van der Waals surface area contributed by atoms with E-state index in [2.05, 4.69) is 0 Å². The zero-order chi connectivity index (χ0) is 15.5. The zero-order valence-electron chi connectivity index (χ0n) is 11.3. The van der Waals surface area contributed by atoms with Crippen LogP contribution in [0.5, 0.6) is 0 Å². The quantitative estimate of drug-likeness (QED) is 0.914. The number of amides is 1. The van der Waals surface area contributed by atoms with Crippen molar-refractivity contribution in [3.8, 4) is 0 Å². The molecule has 0 aliphatic carbocycles. The molecular formula is C14H17F3N2O2. The summed E-state index contributed by atoms with van der Waals surface area (Å²) in [5.74, 6) is 0. The summed E-state index contributed by atoms with van der Waals surface area (Å²) in [6, 6.07) is 6.52. The van der Waals surface area contributed by atoms with Crippen LogP contribution in [0.25, 0.3) is 0 Å². The highest BCUT2D eigenvalue weighted by molar-refractivity contribution is 5.68. The van der Waals surface area contributed by atoms with Gasteiger partial charge in [-0.3, -0.25) is 4.90 Å². The number of hydrogen-bond acceptors (Lipinski definition) is 3. The van der Waals surface area contributed by atoms with Crippen molar-refractivity contribution in [3.05, 3.63) is 35.9 Å².